The molecule has 2 nitrogen and oxygen atoms in total. The number of allylic oxidation sites excluding steroid dienone is 7. The summed E-state index contributed by atoms with van der Waals surface area (Å²) in [5, 5.41) is 0. The van der Waals surface area contributed by atoms with Crippen LogP contribution in [-0.2, 0) is 0 Å². The van der Waals surface area contributed by atoms with Crippen molar-refractivity contribution in [1.82, 2.24) is 0 Å². The van der Waals surface area contributed by atoms with E-state index < -0.39 is 0 Å². The van der Waals surface area contributed by atoms with E-state index in [0.717, 1.165) is 28.4 Å². The first kappa shape index (κ1) is 33.0. The lowest BCUT2D eigenvalue weighted by molar-refractivity contribution is 0.612. The minimum absolute atomic E-state index is 0.291. The lowest BCUT2D eigenvalue weighted by atomic mass is 9.82. The normalized spacial score (nSPS) is 15.7. The summed E-state index contributed by atoms with van der Waals surface area (Å²) in [6.45, 7) is 0. The summed E-state index contributed by atoms with van der Waals surface area (Å²) in [5.41, 5.74) is 14.1. The number of fused-ring (bicyclic) bond motifs is 1. The largest absolute Gasteiger partial charge is 0.314 e. The van der Waals surface area contributed by atoms with E-state index in [1.54, 1.807) is 0 Å². The van der Waals surface area contributed by atoms with E-state index in [0.29, 0.717) is 11.8 Å². The van der Waals surface area contributed by atoms with Crippen molar-refractivity contribution in [2.75, 3.05) is 9.80 Å². The van der Waals surface area contributed by atoms with Gasteiger partial charge < -0.3 is 9.80 Å². The molecule has 2 heteroatoms. The minimum atomic E-state index is 0.291. The molecule has 9 rings (SSSR count). The molecule has 0 saturated heterocycles. The first-order valence-electron chi connectivity index (χ1n) is 18.7. The Hall–Kier alpha value is -6.90. The van der Waals surface area contributed by atoms with E-state index in [1.807, 2.05) is 0 Å². The fourth-order valence-electron chi connectivity index (χ4n) is 7.67. The third-order valence-corrected chi connectivity index (χ3v) is 10.4. The summed E-state index contributed by atoms with van der Waals surface area (Å²) >= 11 is 0. The molecule has 2 atom stereocenters. The van der Waals surface area contributed by atoms with Crippen molar-refractivity contribution in [3.63, 3.8) is 0 Å². The highest BCUT2D eigenvalue weighted by Gasteiger charge is 2.28. The highest BCUT2D eigenvalue weighted by atomic mass is 15.2. The summed E-state index contributed by atoms with van der Waals surface area (Å²) in [6.07, 6.45) is 15.7. The van der Waals surface area contributed by atoms with Crippen molar-refractivity contribution in [1.29, 1.82) is 0 Å². The molecule has 0 radical (unpaired) electrons. The molecule has 0 aliphatic heterocycles. The second-order valence-corrected chi connectivity index (χ2v) is 13.8. The van der Waals surface area contributed by atoms with Gasteiger partial charge >= 0.3 is 0 Å². The molecular weight excluding hydrogens is 653 g/mol. The number of benzene rings is 7. The van der Waals surface area contributed by atoms with Gasteiger partial charge in [-0.25, -0.2) is 0 Å². The van der Waals surface area contributed by atoms with Crippen molar-refractivity contribution in [2.45, 2.75) is 0 Å². The van der Waals surface area contributed by atoms with Gasteiger partial charge in [-0.1, -0.05) is 164 Å². The van der Waals surface area contributed by atoms with Crippen LogP contribution in [0.3, 0.4) is 0 Å². The summed E-state index contributed by atoms with van der Waals surface area (Å²) in [7, 11) is 0. The van der Waals surface area contributed by atoms with Crippen LogP contribution in [0.15, 0.2) is 236 Å². The molecule has 0 amide bonds. The number of anilines is 5. The Morgan fingerprint density at radius 2 is 0.611 bits per heavy atom. The molecule has 0 fully saturated rings. The van der Waals surface area contributed by atoms with Crippen LogP contribution in [-0.4, -0.2) is 0 Å². The lowest BCUT2D eigenvalue weighted by Gasteiger charge is -2.36. The first-order chi connectivity index (χ1) is 26.8. The van der Waals surface area contributed by atoms with E-state index in [1.165, 1.54) is 39.1 Å². The van der Waals surface area contributed by atoms with Gasteiger partial charge in [0.1, 0.15) is 0 Å². The molecule has 2 unspecified atom stereocenters. The second kappa shape index (κ2) is 15.0. The Balaban J connectivity index is 1.03. The monoisotopic (exact) mass is 692 g/mol. The molecule has 2 aliphatic rings. The maximum Gasteiger partial charge on any atom is 0.0462 e. The van der Waals surface area contributed by atoms with Gasteiger partial charge in [0.05, 0.1) is 0 Å². The van der Waals surface area contributed by atoms with E-state index in [-0.39, 0.29) is 0 Å². The Morgan fingerprint density at radius 1 is 0.278 bits per heavy atom. The molecule has 2 aliphatic carbocycles. The number of nitrogens with zero attached hydrogens (tertiary/aromatic N) is 2. The smallest absolute Gasteiger partial charge is 0.0462 e. The minimum Gasteiger partial charge on any atom is -0.314 e. The van der Waals surface area contributed by atoms with Crippen molar-refractivity contribution < 1.29 is 0 Å². The Labute approximate surface area is 318 Å². The van der Waals surface area contributed by atoms with Crippen LogP contribution in [0.5, 0.6) is 0 Å². The van der Waals surface area contributed by atoms with Crippen LogP contribution in [0.4, 0.5) is 28.4 Å². The number of hydrogen-bond acceptors (Lipinski definition) is 2. The average molecular weight is 693 g/mol. The molecule has 258 valence electrons. The highest BCUT2D eigenvalue weighted by molar-refractivity contribution is 5.81. The predicted octanol–water partition coefficient (Wildman–Crippen LogP) is 14.1. The van der Waals surface area contributed by atoms with Gasteiger partial charge in [-0.05, 0) is 100 Å². The lowest BCUT2D eigenvalue weighted by Crippen LogP contribution is -2.27. The fourth-order valence-corrected chi connectivity index (χ4v) is 7.67. The van der Waals surface area contributed by atoms with E-state index in [9.17, 15) is 0 Å². The summed E-state index contributed by atoms with van der Waals surface area (Å²) in [6, 6.07) is 67.5. The first-order valence-corrected chi connectivity index (χ1v) is 18.7. The van der Waals surface area contributed by atoms with Crippen LogP contribution in [0.2, 0.25) is 0 Å². The molecule has 0 spiro atoms. The highest BCUT2D eigenvalue weighted by Crippen LogP contribution is 2.41. The average Bonchev–Trinajstić information content (AvgIpc) is 3.26. The molecule has 0 bridgehead atoms. The van der Waals surface area contributed by atoms with Gasteiger partial charge in [0.25, 0.3) is 0 Å². The van der Waals surface area contributed by atoms with Crippen molar-refractivity contribution in [3.8, 4) is 33.4 Å². The molecule has 7 aromatic rings. The van der Waals surface area contributed by atoms with Crippen molar-refractivity contribution >= 4 is 28.4 Å². The quantitative estimate of drug-likeness (QED) is 0.149. The maximum atomic E-state index is 2.40. The molecule has 0 N–H and O–H groups in total. The summed E-state index contributed by atoms with van der Waals surface area (Å²) in [5.74, 6) is 0.654. The van der Waals surface area contributed by atoms with E-state index in [4.69, 9.17) is 0 Å². The van der Waals surface area contributed by atoms with Gasteiger partial charge in [-0.2, -0.15) is 0 Å². The Morgan fingerprint density at radius 3 is 1.06 bits per heavy atom. The van der Waals surface area contributed by atoms with Crippen LogP contribution in [0.1, 0.15) is 0 Å². The number of para-hydroxylation sites is 1. The van der Waals surface area contributed by atoms with Crippen molar-refractivity contribution in [2.24, 2.45) is 11.8 Å². The van der Waals surface area contributed by atoms with Gasteiger partial charge in [0.2, 0.25) is 0 Å². The maximum absolute atomic E-state index is 2.40. The van der Waals surface area contributed by atoms with Crippen LogP contribution >= 0.6 is 0 Å². The van der Waals surface area contributed by atoms with Crippen molar-refractivity contribution in [3.05, 3.63) is 236 Å². The summed E-state index contributed by atoms with van der Waals surface area (Å²) < 4.78 is 0. The van der Waals surface area contributed by atoms with Crippen LogP contribution in [0.25, 0.3) is 33.4 Å². The molecule has 0 saturated carbocycles. The zero-order valence-corrected chi connectivity index (χ0v) is 30.0. The standard InChI is InChI=1S/C52H40N2/c1-4-13-39(14-5-1)41-23-31-47(32-24-41)53(48-33-25-42(26-34-48)40-15-6-2-7-16-40)49-35-27-43(28-36-49)44-29-37-50(38-30-44)54(46-19-8-3-9-20-46)52-22-12-18-45-17-10-11-21-51(45)52/h1-38,45,51H. The van der Waals surface area contributed by atoms with Gasteiger partial charge in [0.15, 0.2) is 0 Å². The van der Waals surface area contributed by atoms with E-state index in [2.05, 4.69) is 240 Å². The summed E-state index contributed by atoms with van der Waals surface area (Å²) in [4.78, 5) is 4.74. The molecule has 0 heterocycles. The third kappa shape index (κ3) is 6.74. The number of hydrogen-bond donors (Lipinski definition) is 0. The number of rotatable bonds is 9. The molecule has 7 aromatic carbocycles. The zero-order chi connectivity index (χ0) is 36.1. The van der Waals surface area contributed by atoms with Crippen LogP contribution in [0, 0.1) is 11.8 Å². The van der Waals surface area contributed by atoms with Gasteiger partial charge in [0, 0.05) is 46.0 Å². The van der Waals surface area contributed by atoms with E-state index >= 15 is 0 Å². The Kier molecular flexibility index (Phi) is 9.15. The topological polar surface area (TPSA) is 6.48 Å². The molecule has 0 aromatic heterocycles. The van der Waals surface area contributed by atoms with Gasteiger partial charge in [-0.3, -0.25) is 0 Å². The SMILES string of the molecule is C1=CC2C=CC=C(N(c3ccccc3)c3ccc(-c4ccc(N(c5ccc(-c6ccccc6)cc5)c5ccc(-c6ccccc6)cc5)cc4)cc3)C2C=C1. The van der Waals surface area contributed by atoms with Gasteiger partial charge in [-0.15, -0.1) is 0 Å². The molecular formula is C52H40N2. The molecule has 54 heavy (non-hydrogen) atoms. The fraction of sp³-hybridized carbons (Fsp3) is 0.0385. The second-order valence-electron chi connectivity index (χ2n) is 13.8. The Bertz CT molecular complexity index is 2360. The third-order valence-electron chi connectivity index (χ3n) is 10.4. The predicted molar refractivity (Wildman–Crippen MR) is 228 cm³/mol. The van der Waals surface area contributed by atoms with Crippen LogP contribution < -0.4 is 9.80 Å². The zero-order valence-electron chi connectivity index (χ0n) is 30.0.